The first-order valence-electron chi connectivity index (χ1n) is 5.38. The van der Waals surface area contributed by atoms with Crippen molar-refractivity contribution in [3.8, 4) is 17.0 Å². The van der Waals surface area contributed by atoms with Crippen LogP contribution in [0.4, 0.5) is 18.9 Å². The Morgan fingerprint density at radius 1 is 1.32 bits per heavy atom. The maximum absolute atomic E-state index is 12.6. The van der Waals surface area contributed by atoms with Crippen LogP contribution < -0.4 is 10.5 Å². The number of nitrogens with zero attached hydrogens (tertiary/aromatic N) is 2. The number of hydrogen-bond donors (Lipinski definition) is 1. The molecule has 0 bridgehead atoms. The van der Waals surface area contributed by atoms with E-state index in [1.54, 1.807) is 18.2 Å². The number of nitrogens with two attached hydrogens (primary N) is 1. The molecular formula is C12H12F3N3O. The van der Waals surface area contributed by atoms with Crippen LogP contribution in [0.5, 0.6) is 5.75 Å². The molecule has 1 aromatic carbocycles. The zero-order valence-electron chi connectivity index (χ0n) is 10.3. The van der Waals surface area contributed by atoms with Crippen LogP contribution in [-0.2, 0) is 13.2 Å². The van der Waals surface area contributed by atoms with E-state index in [0.29, 0.717) is 17.0 Å². The van der Waals surface area contributed by atoms with Crippen LogP contribution in [0.1, 0.15) is 5.69 Å². The van der Waals surface area contributed by atoms with Gasteiger partial charge in [-0.05, 0) is 18.2 Å². The first-order chi connectivity index (χ1) is 8.84. The van der Waals surface area contributed by atoms with E-state index in [9.17, 15) is 13.2 Å². The number of aromatic nitrogens is 2. The molecule has 0 fully saturated rings. The topological polar surface area (TPSA) is 53.1 Å². The van der Waals surface area contributed by atoms with Crippen molar-refractivity contribution in [3.05, 3.63) is 30.0 Å². The van der Waals surface area contributed by atoms with E-state index < -0.39 is 11.9 Å². The van der Waals surface area contributed by atoms with Gasteiger partial charge < -0.3 is 10.5 Å². The molecule has 0 aliphatic carbocycles. The lowest BCUT2D eigenvalue weighted by Crippen LogP contribution is -2.06. The summed E-state index contributed by atoms with van der Waals surface area (Å²) in [4.78, 5) is 0. The van der Waals surface area contributed by atoms with Crippen molar-refractivity contribution in [1.29, 1.82) is 0 Å². The van der Waals surface area contributed by atoms with Gasteiger partial charge in [0.05, 0.1) is 18.5 Å². The van der Waals surface area contributed by atoms with Gasteiger partial charge in [0, 0.05) is 12.6 Å². The lowest BCUT2D eigenvalue weighted by atomic mass is 10.1. The van der Waals surface area contributed by atoms with Gasteiger partial charge >= 0.3 is 6.18 Å². The summed E-state index contributed by atoms with van der Waals surface area (Å²) in [5.74, 6) is 0.333. The van der Waals surface area contributed by atoms with E-state index in [-0.39, 0.29) is 5.69 Å². The summed E-state index contributed by atoms with van der Waals surface area (Å²) in [5.41, 5.74) is 5.90. The van der Waals surface area contributed by atoms with E-state index in [0.717, 1.165) is 10.7 Å². The highest BCUT2D eigenvalue weighted by Gasteiger charge is 2.35. The molecule has 2 rings (SSSR count). The van der Waals surface area contributed by atoms with Crippen molar-refractivity contribution in [2.24, 2.45) is 7.05 Å². The van der Waals surface area contributed by atoms with E-state index in [2.05, 4.69) is 5.10 Å². The molecular weight excluding hydrogens is 259 g/mol. The fourth-order valence-corrected chi connectivity index (χ4v) is 1.84. The molecule has 0 amide bonds. The van der Waals surface area contributed by atoms with Gasteiger partial charge in [0.1, 0.15) is 0 Å². The number of halogens is 3. The Kier molecular flexibility index (Phi) is 3.13. The molecule has 1 aromatic heterocycles. The summed E-state index contributed by atoms with van der Waals surface area (Å²) in [5, 5.41) is 3.46. The van der Waals surface area contributed by atoms with Crippen LogP contribution in [0.25, 0.3) is 11.3 Å². The molecule has 0 radical (unpaired) electrons. The Hall–Kier alpha value is -2.18. The zero-order valence-corrected chi connectivity index (χ0v) is 10.3. The molecule has 2 aromatic rings. The van der Waals surface area contributed by atoms with Crippen LogP contribution in [0.3, 0.4) is 0 Å². The quantitative estimate of drug-likeness (QED) is 0.854. The summed E-state index contributed by atoms with van der Waals surface area (Å²) in [6, 6.07) is 5.86. The minimum Gasteiger partial charge on any atom is -0.494 e. The predicted molar refractivity (Wildman–Crippen MR) is 64.6 cm³/mol. The summed E-state index contributed by atoms with van der Waals surface area (Å²) < 4.78 is 44.2. The Bertz CT molecular complexity index is 605. The van der Waals surface area contributed by atoms with Crippen LogP contribution in [-0.4, -0.2) is 16.9 Å². The number of methoxy groups -OCH3 is 1. The first-order valence-corrected chi connectivity index (χ1v) is 5.38. The van der Waals surface area contributed by atoms with Crippen LogP contribution in [0.2, 0.25) is 0 Å². The third-order valence-electron chi connectivity index (χ3n) is 2.70. The molecule has 4 nitrogen and oxygen atoms in total. The second-order valence-corrected chi connectivity index (χ2v) is 3.96. The van der Waals surface area contributed by atoms with Crippen molar-refractivity contribution in [2.75, 3.05) is 12.8 Å². The van der Waals surface area contributed by atoms with E-state index in [4.69, 9.17) is 10.5 Å². The standard InChI is InChI=1S/C12H12F3N3O/c1-18-9(6-10(17-18)12(13,14)15)7-4-3-5-8(16)11(7)19-2/h3-6H,16H2,1-2H3. The summed E-state index contributed by atoms with van der Waals surface area (Å²) in [7, 11) is 2.85. The molecule has 0 unspecified atom stereocenters. The van der Waals surface area contributed by atoms with E-state index >= 15 is 0 Å². The Labute approximate surface area is 107 Å². The molecule has 0 saturated carbocycles. The molecule has 0 atom stereocenters. The van der Waals surface area contributed by atoms with Gasteiger partial charge in [-0.25, -0.2) is 0 Å². The van der Waals surface area contributed by atoms with Crippen LogP contribution in [0.15, 0.2) is 24.3 Å². The van der Waals surface area contributed by atoms with Gasteiger partial charge in [0.2, 0.25) is 0 Å². The number of benzene rings is 1. The highest BCUT2D eigenvalue weighted by molar-refractivity contribution is 5.75. The third-order valence-corrected chi connectivity index (χ3v) is 2.70. The molecule has 0 aliphatic heterocycles. The summed E-state index contributed by atoms with van der Waals surface area (Å²) in [6.07, 6.45) is -4.48. The fourth-order valence-electron chi connectivity index (χ4n) is 1.84. The molecule has 7 heteroatoms. The Balaban J connectivity index is 2.60. The number of para-hydroxylation sites is 1. The molecule has 1 heterocycles. The van der Waals surface area contributed by atoms with Crippen molar-refractivity contribution in [3.63, 3.8) is 0 Å². The molecule has 102 valence electrons. The van der Waals surface area contributed by atoms with Crippen molar-refractivity contribution < 1.29 is 17.9 Å². The largest absolute Gasteiger partial charge is 0.494 e. The SMILES string of the molecule is COc1c(N)cccc1-c1cc(C(F)(F)F)nn1C. The fraction of sp³-hybridized carbons (Fsp3) is 0.250. The van der Waals surface area contributed by atoms with Gasteiger partial charge in [-0.2, -0.15) is 18.3 Å². The lowest BCUT2D eigenvalue weighted by molar-refractivity contribution is -0.141. The predicted octanol–water partition coefficient (Wildman–Crippen LogP) is 2.70. The number of hydrogen-bond acceptors (Lipinski definition) is 3. The average molecular weight is 271 g/mol. The van der Waals surface area contributed by atoms with Crippen molar-refractivity contribution >= 4 is 5.69 Å². The maximum Gasteiger partial charge on any atom is 0.435 e. The number of aryl methyl sites for hydroxylation is 1. The summed E-state index contributed by atoms with van der Waals surface area (Å²) >= 11 is 0. The Morgan fingerprint density at radius 2 is 2.00 bits per heavy atom. The van der Waals surface area contributed by atoms with E-state index in [1.165, 1.54) is 14.2 Å². The number of rotatable bonds is 2. The number of anilines is 1. The minimum atomic E-state index is -4.48. The van der Waals surface area contributed by atoms with Crippen molar-refractivity contribution in [2.45, 2.75) is 6.18 Å². The molecule has 0 saturated heterocycles. The normalized spacial score (nSPS) is 11.6. The van der Waals surface area contributed by atoms with Gasteiger partial charge in [-0.1, -0.05) is 6.07 Å². The van der Waals surface area contributed by atoms with Crippen LogP contribution >= 0.6 is 0 Å². The average Bonchev–Trinajstić information content (AvgIpc) is 2.70. The first kappa shape index (κ1) is 13.3. The second-order valence-electron chi connectivity index (χ2n) is 3.96. The van der Waals surface area contributed by atoms with Gasteiger partial charge in [0.15, 0.2) is 11.4 Å². The van der Waals surface area contributed by atoms with Gasteiger partial charge in [-0.3, -0.25) is 4.68 Å². The maximum atomic E-state index is 12.6. The van der Waals surface area contributed by atoms with Crippen molar-refractivity contribution in [1.82, 2.24) is 9.78 Å². The molecule has 0 aliphatic rings. The third kappa shape index (κ3) is 2.35. The number of nitrogen functional groups attached to an aromatic ring is 1. The van der Waals surface area contributed by atoms with Gasteiger partial charge in [0.25, 0.3) is 0 Å². The second kappa shape index (κ2) is 4.49. The monoisotopic (exact) mass is 271 g/mol. The number of ether oxygens (including phenoxy) is 1. The highest BCUT2D eigenvalue weighted by Crippen LogP contribution is 2.37. The highest BCUT2D eigenvalue weighted by atomic mass is 19.4. The van der Waals surface area contributed by atoms with Crippen LogP contribution in [0, 0.1) is 0 Å². The molecule has 0 spiro atoms. The Morgan fingerprint density at radius 3 is 2.53 bits per heavy atom. The number of alkyl halides is 3. The van der Waals surface area contributed by atoms with Gasteiger partial charge in [-0.15, -0.1) is 0 Å². The minimum absolute atomic E-state index is 0.288. The molecule has 2 N–H and O–H groups in total. The summed E-state index contributed by atoms with van der Waals surface area (Å²) in [6.45, 7) is 0. The smallest absolute Gasteiger partial charge is 0.435 e. The van der Waals surface area contributed by atoms with E-state index in [1.807, 2.05) is 0 Å². The zero-order chi connectivity index (χ0) is 14.2. The lowest BCUT2D eigenvalue weighted by Gasteiger charge is -2.10. The molecule has 19 heavy (non-hydrogen) atoms.